The fourth-order valence-corrected chi connectivity index (χ4v) is 4.07. The Bertz CT molecular complexity index is 1090. The van der Waals surface area contributed by atoms with Crippen LogP contribution in [0.2, 0.25) is 5.02 Å². The van der Waals surface area contributed by atoms with Crippen LogP contribution in [-0.2, 0) is 0 Å². The van der Waals surface area contributed by atoms with Gasteiger partial charge in [-0.2, -0.15) is 0 Å². The third-order valence-corrected chi connectivity index (χ3v) is 5.18. The number of thiophene rings is 1. The summed E-state index contributed by atoms with van der Waals surface area (Å²) >= 11 is 11.8. The Labute approximate surface area is 152 Å². The van der Waals surface area contributed by atoms with E-state index >= 15 is 0 Å². The van der Waals surface area contributed by atoms with Gasteiger partial charge in [0.1, 0.15) is 4.83 Å². The topological polar surface area (TPSA) is 34.9 Å². The number of benzene rings is 2. The van der Waals surface area contributed by atoms with Gasteiger partial charge in [0.05, 0.1) is 11.1 Å². The fourth-order valence-electron chi connectivity index (χ4n) is 2.63. The molecule has 0 saturated heterocycles. The Morgan fingerprint density at radius 3 is 2.46 bits per heavy atom. The van der Waals surface area contributed by atoms with E-state index in [2.05, 4.69) is 17.6 Å². The molecule has 0 saturated carbocycles. The lowest BCUT2D eigenvalue weighted by atomic mass is 10.1. The number of nitrogens with zero attached hydrogens (tertiary/aromatic N) is 2. The summed E-state index contributed by atoms with van der Waals surface area (Å²) in [7, 11) is 0. The van der Waals surface area contributed by atoms with Crippen LogP contribution in [0.3, 0.4) is 0 Å². The molecule has 0 bridgehead atoms. The Kier molecular flexibility index (Phi) is 3.92. The molecule has 3 nitrogen and oxygen atoms in total. The second kappa shape index (κ2) is 6.09. The summed E-state index contributed by atoms with van der Waals surface area (Å²) in [5, 5.41) is 3.55. The maximum absolute atomic E-state index is 13.1. The van der Waals surface area contributed by atoms with Crippen LogP contribution < -0.4 is 5.56 Å². The Morgan fingerprint density at radius 2 is 1.75 bits per heavy atom. The van der Waals surface area contributed by atoms with Gasteiger partial charge in [0.25, 0.3) is 5.56 Å². The van der Waals surface area contributed by atoms with E-state index in [1.807, 2.05) is 35.7 Å². The van der Waals surface area contributed by atoms with Crippen LogP contribution in [-0.4, -0.2) is 9.55 Å². The predicted octanol–water partition coefficient (Wildman–Crippen LogP) is 5.06. The maximum atomic E-state index is 13.1. The average molecular weight is 371 g/mol. The minimum Gasteiger partial charge on any atom is -0.268 e. The van der Waals surface area contributed by atoms with E-state index in [4.69, 9.17) is 11.6 Å². The number of rotatable bonds is 2. The summed E-state index contributed by atoms with van der Waals surface area (Å²) in [6.07, 6.45) is 0. The molecule has 0 spiro atoms. The maximum Gasteiger partial charge on any atom is 0.268 e. The Morgan fingerprint density at radius 1 is 1.04 bits per heavy atom. The van der Waals surface area contributed by atoms with Gasteiger partial charge in [0, 0.05) is 16.0 Å². The lowest BCUT2D eigenvalue weighted by molar-refractivity contribution is 0.827. The summed E-state index contributed by atoms with van der Waals surface area (Å²) in [6, 6.07) is 16.9. The van der Waals surface area contributed by atoms with Gasteiger partial charge in [-0.1, -0.05) is 41.9 Å². The van der Waals surface area contributed by atoms with Crippen molar-refractivity contribution in [1.82, 2.24) is 9.55 Å². The van der Waals surface area contributed by atoms with E-state index in [1.165, 1.54) is 15.9 Å². The van der Waals surface area contributed by atoms with Gasteiger partial charge in [-0.3, -0.25) is 9.36 Å². The van der Waals surface area contributed by atoms with Gasteiger partial charge < -0.3 is 0 Å². The quantitative estimate of drug-likeness (QED) is 0.395. The first-order chi connectivity index (χ1) is 11.6. The van der Waals surface area contributed by atoms with Crippen molar-refractivity contribution >= 4 is 45.8 Å². The summed E-state index contributed by atoms with van der Waals surface area (Å²) in [6.45, 7) is 0. The number of halogens is 1. The second-order valence-corrected chi connectivity index (χ2v) is 6.92. The molecule has 6 heteroatoms. The van der Waals surface area contributed by atoms with Crippen LogP contribution in [0, 0.1) is 0 Å². The van der Waals surface area contributed by atoms with Crippen LogP contribution in [0.15, 0.2) is 69.9 Å². The summed E-state index contributed by atoms with van der Waals surface area (Å²) in [4.78, 5) is 18.3. The Hall–Kier alpha value is -2.08. The minimum absolute atomic E-state index is 0.132. The normalized spacial score (nSPS) is 11.1. The van der Waals surface area contributed by atoms with Gasteiger partial charge >= 0.3 is 0 Å². The third kappa shape index (κ3) is 2.55. The zero-order valence-electron chi connectivity index (χ0n) is 12.3. The monoisotopic (exact) mass is 370 g/mol. The molecule has 2 aromatic carbocycles. The van der Waals surface area contributed by atoms with Gasteiger partial charge in [0.2, 0.25) is 0 Å². The van der Waals surface area contributed by atoms with Crippen LogP contribution in [0.5, 0.6) is 0 Å². The molecular formula is C18H11ClN2OS2. The molecule has 0 aliphatic carbocycles. The highest BCUT2D eigenvalue weighted by atomic mass is 35.5. The molecule has 2 heterocycles. The highest BCUT2D eigenvalue weighted by Crippen LogP contribution is 2.31. The number of aromatic nitrogens is 2. The molecule has 0 unspecified atom stereocenters. The first-order valence-corrected chi connectivity index (χ1v) is 8.90. The molecule has 0 fully saturated rings. The van der Waals surface area contributed by atoms with E-state index in [0.29, 0.717) is 26.1 Å². The SMILES string of the molecule is O=c1c2c(-c3ccccc3)csc2nc(S)n1-c1ccc(Cl)cc1. The molecule has 118 valence electrons. The van der Waals surface area contributed by atoms with Gasteiger partial charge in [0.15, 0.2) is 5.16 Å². The van der Waals surface area contributed by atoms with Crippen molar-refractivity contribution in [3.63, 3.8) is 0 Å². The first-order valence-electron chi connectivity index (χ1n) is 7.20. The number of hydrogen-bond acceptors (Lipinski definition) is 4. The molecule has 2 aromatic heterocycles. The largest absolute Gasteiger partial charge is 0.268 e. The highest BCUT2D eigenvalue weighted by Gasteiger charge is 2.16. The molecule has 0 atom stereocenters. The number of thiol groups is 1. The fraction of sp³-hybridized carbons (Fsp3) is 0. The molecule has 0 radical (unpaired) electrons. The van der Waals surface area contributed by atoms with Gasteiger partial charge in [-0.25, -0.2) is 4.98 Å². The van der Waals surface area contributed by atoms with E-state index in [1.54, 1.807) is 24.3 Å². The van der Waals surface area contributed by atoms with Crippen LogP contribution in [0.25, 0.3) is 27.0 Å². The van der Waals surface area contributed by atoms with Crippen molar-refractivity contribution in [3.05, 3.63) is 75.4 Å². The van der Waals surface area contributed by atoms with E-state index < -0.39 is 0 Å². The molecule has 0 aliphatic heterocycles. The van der Waals surface area contributed by atoms with Gasteiger partial charge in [-0.15, -0.1) is 24.0 Å². The first kappa shape index (κ1) is 15.4. The predicted molar refractivity (Wildman–Crippen MR) is 103 cm³/mol. The smallest absolute Gasteiger partial charge is 0.268 e. The second-order valence-electron chi connectivity index (χ2n) is 5.22. The standard InChI is InChI=1S/C18H11ClN2OS2/c19-12-6-8-13(9-7-12)21-17(22)15-14(11-4-2-1-3-5-11)10-24-16(15)20-18(21)23/h1-10H,(H,20,23). The number of hydrogen-bond donors (Lipinski definition) is 1. The molecule has 0 amide bonds. The van der Waals surface area contributed by atoms with Crippen molar-refractivity contribution < 1.29 is 0 Å². The third-order valence-electron chi connectivity index (χ3n) is 3.76. The Balaban J connectivity index is 2.03. The lowest BCUT2D eigenvalue weighted by Gasteiger charge is -2.09. The van der Waals surface area contributed by atoms with Crippen molar-refractivity contribution in [1.29, 1.82) is 0 Å². The molecule has 0 N–H and O–H groups in total. The van der Waals surface area contributed by atoms with Crippen molar-refractivity contribution in [2.24, 2.45) is 0 Å². The van der Waals surface area contributed by atoms with Crippen LogP contribution in [0.4, 0.5) is 0 Å². The summed E-state index contributed by atoms with van der Waals surface area (Å²) in [5.41, 5.74) is 2.45. The van der Waals surface area contributed by atoms with Crippen molar-refractivity contribution in [3.8, 4) is 16.8 Å². The van der Waals surface area contributed by atoms with Crippen LogP contribution in [0.1, 0.15) is 0 Å². The molecular weight excluding hydrogens is 360 g/mol. The highest BCUT2D eigenvalue weighted by molar-refractivity contribution is 7.80. The van der Waals surface area contributed by atoms with E-state index in [-0.39, 0.29) is 5.56 Å². The van der Waals surface area contributed by atoms with E-state index in [0.717, 1.165) is 11.1 Å². The van der Waals surface area contributed by atoms with Crippen molar-refractivity contribution in [2.75, 3.05) is 0 Å². The zero-order valence-corrected chi connectivity index (χ0v) is 14.8. The molecule has 4 aromatic rings. The lowest BCUT2D eigenvalue weighted by Crippen LogP contribution is -2.20. The molecule has 4 rings (SSSR count). The minimum atomic E-state index is -0.132. The zero-order chi connectivity index (χ0) is 16.7. The number of fused-ring (bicyclic) bond motifs is 1. The van der Waals surface area contributed by atoms with Crippen LogP contribution >= 0.6 is 35.6 Å². The van der Waals surface area contributed by atoms with Gasteiger partial charge in [-0.05, 0) is 29.8 Å². The average Bonchev–Trinajstić information content (AvgIpc) is 3.01. The molecule has 24 heavy (non-hydrogen) atoms. The van der Waals surface area contributed by atoms with Crippen molar-refractivity contribution in [2.45, 2.75) is 5.16 Å². The van der Waals surface area contributed by atoms with E-state index in [9.17, 15) is 4.79 Å². The summed E-state index contributed by atoms with van der Waals surface area (Å²) in [5.74, 6) is 0. The molecule has 0 aliphatic rings. The summed E-state index contributed by atoms with van der Waals surface area (Å²) < 4.78 is 1.50.